The summed E-state index contributed by atoms with van der Waals surface area (Å²) < 4.78 is 21.8. The molecule has 1 aliphatic rings. The molecule has 0 fully saturated rings. The van der Waals surface area contributed by atoms with Gasteiger partial charge in [-0.05, 0) is 125 Å². The van der Waals surface area contributed by atoms with Gasteiger partial charge in [-0.3, -0.25) is 42.2 Å². The molecule has 13 rings (SSSR count). The molecule has 99 heavy (non-hydrogen) atoms. The first kappa shape index (κ1) is 76.3. The molecular formula is C73H74ClN11NaO12Pd-. The van der Waals surface area contributed by atoms with Crippen molar-refractivity contribution in [3.8, 4) is 34.5 Å². The van der Waals surface area contributed by atoms with E-state index in [1.165, 1.54) is 78.6 Å². The zero-order valence-corrected chi connectivity index (χ0v) is 60.4. The normalized spacial score (nSPS) is 11.0. The Kier molecular flexibility index (Phi) is 26.2. The number of halogens is 1. The summed E-state index contributed by atoms with van der Waals surface area (Å²) in [6, 6.07) is 46.6. The Morgan fingerprint density at radius 1 is 0.485 bits per heavy atom. The third-order valence-electron chi connectivity index (χ3n) is 16.3. The molecule has 1 aliphatic heterocycles. The number of aliphatic imine (C=N–C) groups is 1. The number of alkyl halides is 1. The zero-order valence-electron chi connectivity index (χ0n) is 57.0. The predicted octanol–water partition coefficient (Wildman–Crippen LogP) is 6.52. The fraction of sp³-hybridized carbons (Fsp3) is 0.205. The van der Waals surface area contributed by atoms with Gasteiger partial charge in [0.15, 0.2) is 56.8 Å². The topological polar surface area (TPSA) is 290 Å². The van der Waals surface area contributed by atoms with Crippen molar-refractivity contribution in [3.63, 3.8) is 0 Å². The van der Waals surface area contributed by atoms with Crippen LogP contribution in [0, 0.1) is 35.1 Å². The van der Waals surface area contributed by atoms with E-state index in [0.717, 1.165) is 41.5 Å². The van der Waals surface area contributed by atoms with Gasteiger partial charge in [-0.25, -0.2) is 29.3 Å². The first-order chi connectivity index (χ1) is 46.1. The molecule has 0 unspecified atom stereocenters. The summed E-state index contributed by atoms with van der Waals surface area (Å²) in [4.78, 5) is 89.6. The molecule has 0 saturated carbocycles. The second-order valence-electron chi connectivity index (χ2n) is 23.1. The van der Waals surface area contributed by atoms with Gasteiger partial charge < -0.3 is 47.9 Å². The van der Waals surface area contributed by atoms with Crippen LogP contribution in [0.5, 0.6) is 34.5 Å². The van der Waals surface area contributed by atoms with Crippen LogP contribution in [-0.4, -0.2) is 73.6 Å². The average Bonchev–Trinajstić information content (AvgIpc) is 1.55. The van der Waals surface area contributed by atoms with E-state index in [1.807, 2.05) is 97.9 Å². The Hall–Kier alpha value is -10.1. The van der Waals surface area contributed by atoms with E-state index in [4.69, 9.17) is 21.1 Å². The number of aromatic hydroxyl groups is 4. The Morgan fingerprint density at radius 2 is 0.909 bits per heavy atom. The van der Waals surface area contributed by atoms with E-state index in [2.05, 4.69) is 65.0 Å². The van der Waals surface area contributed by atoms with Crippen LogP contribution in [0.2, 0.25) is 0 Å². The van der Waals surface area contributed by atoms with Crippen molar-refractivity contribution in [1.29, 1.82) is 0 Å². The average molecular weight is 1460 g/mol. The van der Waals surface area contributed by atoms with Crippen molar-refractivity contribution in [2.24, 2.45) is 26.1 Å². The van der Waals surface area contributed by atoms with E-state index >= 15 is 0 Å². The van der Waals surface area contributed by atoms with Crippen LogP contribution in [0.15, 0.2) is 198 Å². The largest absolute Gasteiger partial charge is 1.00 e. The predicted molar refractivity (Wildman–Crippen MR) is 375 cm³/mol. The van der Waals surface area contributed by atoms with Gasteiger partial charge in [0.2, 0.25) is 0 Å². The molecule has 0 aliphatic carbocycles. The van der Waals surface area contributed by atoms with Crippen molar-refractivity contribution in [2.45, 2.75) is 79.4 Å². The van der Waals surface area contributed by atoms with Crippen LogP contribution in [-0.2, 0) is 93.3 Å². The molecule has 0 bridgehead atoms. The Morgan fingerprint density at radius 3 is 1.38 bits per heavy atom. The number of fused-ring (bicyclic) bond motifs is 3. The fourth-order valence-electron chi connectivity index (χ4n) is 10.5. The Labute approximate surface area is 610 Å². The fourth-order valence-corrected chi connectivity index (χ4v) is 10.7. The maximum atomic E-state index is 13.4. The van der Waals surface area contributed by atoms with Crippen molar-refractivity contribution < 1.29 is 81.3 Å². The number of aromatic nitrogens is 10. The number of hydrogen-bond acceptors (Lipinski definition) is 15. The molecule has 0 atom stereocenters. The number of phenolic OH excluding ortho intramolecular Hbond substituents is 4. The van der Waals surface area contributed by atoms with Gasteiger partial charge in [-0.2, -0.15) is 0 Å². The van der Waals surface area contributed by atoms with Crippen LogP contribution in [0.3, 0.4) is 0 Å². The molecule has 0 spiro atoms. The summed E-state index contributed by atoms with van der Waals surface area (Å²) in [5, 5.41) is 38.4. The number of ether oxygens (including phenoxy) is 2. The second kappa shape index (κ2) is 33.9. The van der Waals surface area contributed by atoms with E-state index < -0.39 is 22.6 Å². The van der Waals surface area contributed by atoms with Gasteiger partial charge in [-0.1, -0.05) is 115 Å². The number of nitrogens with zero attached hydrogens (tertiary/aromatic N) is 10. The van der Waals surface area contributed by atoms with Crippen LogP contribution in [0.25, 0.3) is 22.3 Å². The number of benzene rings is 7. The van der Waals surface area contributed by atoms with E-state index in [0.29, 0.717) is 83.8 Å². The second-order valence-corrected chi connectivity index (χ2v) is 23.4. The van der Waals surface area contributed by atoms with Gasteiger partial charge >= 0.3 is 46.6 Å². The first-order valence-electron chi connectivity index (χ1n) is 30.4. The van der Waals surface area contributed by atoms with Gasteiger partial charge in [-0.15, -0.1) is 11.6 Å². The number of imidazole rings is 2. The molecular weight excluding hydrogens is 1390 g/mol. The van der Waals surface area contributed by atoms with Gasteiger partial charge in [0.25, 0.3) is 16.7 Å². The summed E-state index contributed by atoms with van der Waals surface area (Å²) in [6.07, 6.45) is 5.16. The molecule has 0 saturated heterocycles. The molecule has 23 nitrogen and oxygen atoms in total. The molecule has 512 valence electrons. The smallest absolute Gasteiger partial charge is 1.00 e. The molecule has 12 aromatic rings. The summed E-state index contributed by atoms with van der Waals surface area (Å²) >= 11 is 5.65. The summed E-state index contributed by atoms with van der Waals surface area (Å²) in [6.45, 7) is 9.96. The maximum Gasteiger partial charge on any atom is 1.00 e. The van der Waals surface area contributed by atoms with Gasteiger partial charge in [0.05, 0.1) is 31.3 Å². The van der Waals surface area contributed by atoms with E-state index in [-0.39, 0.29) is 117 Å². The quantitative estimate of drug-likeness (QED) is 0.0316. The van der Waals surface area contributed by atoms with Crippen LogP contribution in [0.1, 0.15) is 68.2 Å². The number of hydrogen-bond donors (Lipinski definition) is 5. The van der Waals surface area contributed by atoms with E-state index in [9.17, 15) is 49.2 Å². The Balaban J connectivity index is 0.000000241. The number of rotatable bonds is 15. The van der Waals surface area contributed by atoms with Crippen LogP contribution in [0.4, 0.5) is 5.82 Å². The number of nitrogens with one attached hydrogen (secondary N) is 1. The minimum atomic E-state index is -0.576. The van der Waals surface area contributed by atoms with Crippen molar-refractivity contribution >= 4 is 46.0 Å². The molecule has 5 N–H and O–H groups in total. The minimum absolute atomic E-state index is 0. The third-order valence-corrected chi connectivity index (χ3v) is 16.6. The van der Waals surface area contributed by atoms with Crippen LogP contribution >= 0.6 is 11.6 Å². The maximum absolute atomic E-state index is 13.4. The minimum Gasteiger partial charge on any atom is -1.00 e. The molecule has 6 heterocycles. The molecule has 0 radical (unpaired) electrons. The molecule has 7 aromatic carbocycles. The molecule has 26 heteroatoms. The Bertz CT molecular complexity index is 5300. The number of aromatic amines is 1. The molecule has 5 aromatic heterocycles. The summed E-state index contributed by atoms with van der Waals surface area (Å²) in [5.41, 5.74) is 10.4. The van der Waals surface area contributed by atoms with Gasteiger partial charge in [0.1, 0.15) is 19.0 Å². The summed E-state index contributed by atoms with van der Waals surface area (Å²) in [5.74, 6) is 1.11. The molecule has 0 amide bonds. The number of H-pyrrole nitrogens is 1. The third kappa shape index (κ3) is 17.8. The first-order valence-corrected chi connectivity index (χ1v) is 30.9. The monoisotopic (exact) mass is 1460 g/mol. The SMILES string of the molecule is Cc1ccc(CCl)cc1C.Cc1ccc(Cn2c(=O)n(C)c(=O)c3c2ncn3Cc2ccc(OCc3ccccc3)c(OCc3ccccc3)c2)cc1C.Cn1c(=O)[nH]c2c(c1=O)CC=N2.Cn1c(=O)c2c(ncn2Cc2ccc(O)c(O)c2)n(Cc2ccc(O)c(O)c2)c1=O.[CH3-].[H-].[Na+].[Pd]. The van der Waals surface area contributed by atoms with Crippen molar-refractivity contribution in [2.75, 3.05) is 0 Å². The van der Waals surface area contributed by atoms with Crippen molar-refractivity contribution in [3.05, 3.63) is 301 Å². The number of phenols is 4. The summed E-state index contributed by atoms with van der Waals surface area (Å²) in [7, 11) is 4.31. The van der Waals surface area contributed by atoms with Gasteiger partial charge in [0, 0.05) is 73.2 Å². The van der Waals surface area contributed by atoms with Crippen molar-refractivity contribution in [1.82, 2.24) is 46.9 Å². The zero-order chi connectivity index (χ0) is 68.5. The van der Waals surface area contributed by atoms with E-state index in [1.54, 1.807) is 38.4 Å². The standard InChI is InChI=1S/C36H34N4O4.C20H18N4O6.C9H11Cl.C7H7N3O2.CH3.Na.Pd.H/c1-25-14-15-29(18-26(25)2)21-40-34-33(35(41)38(3)36(40)42)39(24-37-34)20-30-16-17-31(43-22-27-10-6-4-7-11-27)32(19-30)44-23-28-12-8-5-9-13-28;1-22-19(29)17-18(21-10-23(17)8-11-2-4-13(25)15(27)6-11)24(20(22)30)9-12-3-5-14(26)16(28)7-12;1-7-3-4-9(6-10)5-8(7)2;1-10-6(11)4-2-3-8-5(4)9-7(10)12;;;;/h4-19,24H,20-23H2,1-3H3;2-7,10,25-28H,8-9H2,1H3;3-5H,6H2,1-2H3;3H,2H2,1H3,(H,9,12);1H3;;;/q;;;;-1;+1;;-1. The van der Waals surface area contributed by atoms with Crippen LogP contribution < -0.4 is 72.8 Å². The number of aryl methyl sites for hydroxylation is 4.